The van der Waals surface area contributed by atoms with Crippen LogP contribution in [0.25, 0.3) is 0 Å². The monoisotopic (exact) mass is 255 g/mol. The Hall–Kier alpha value is -0.570. The van der Waals surface area contributed by atoms with Crippen molar-refractivity contribution >= 4 is 11.6 Å². The average Bonchev–Trinajstić information content (AvgIpc) is 2.61. The Bertz CT molecular complexity index is 374. The smallest absolute Gasteiger partial charge is 0.225 e. The minimum atomic E-state index is 0.488. The van der Waals surface area contributed by atoms with Gasteiger partial charge in [0.15, 0.2) is 0 Å². The highest BCUT2D eigenvalue weighted by Gasteiger charge is 2.29. The van der Waals surface area contributed by atoms with Crippen LogP contribution in [0.5, 0.6) is 0 Å². The van der Waals surface area contributed by atoms with Crippen molar-refractivity contribution < 1.29 is 0 Å². The fraction of sp³-hybridized carbons (Fsp3) is 0.846. The van der Waals surface area contributed by atoms with Crippen LogP contribution in [0.2, 0.25) is 5.28 Å². The SMILES string of the molecule is CCCc1nnc(Cl)n1C1CCC(C)(C)CC1. The summed E-state index contributed by atoms with van der Waals surface area (Å²) in [5, 5.41) is 8.79. The van der Waals surface area contributed by atoms with E-state index in [4.69, 9.17) is 11.6 Å². The van der Waals surface area contributed by atoms with E-state index in [0.717, 1.165) is 18.7 Å². The molecule has 0 bridgehead atoms. The second kappa shape index (κ2) is 4.97. The van der Waals surface area contributed by atoms with Crippen molar-refractivity contribution in [1.29, 1.82) is 0 Å². The van der Waals surface area contributed by atoms with Crippen molar-refractivity contribution in [2.75, 3.05) is 0 Å². The van der Waals surface area contributed by atoms with Crippen LogP contribution in [0, 0.1) is 5.41 Å². The molecule has 1 saturated carbocycles. The summed E-state index contributed by atoms with van der Waals surface area (Å²) in [6, 6.07) is 0.507. The van der Waals surface area contributed by atoms with Crippen LogP contribution in [0.1, 0.15) is 64.7 Å². The first kappa shape index (κ1) is 12.9. The Balaban J connectivity index is 2.14. The highest BCUT2D eigenvalue weighted by atomic mass is 35.5. The molecule has 0 N–H and O–H groups in total. The lowest BCUT2D eigenvalue weighted by molar-refractivity contribution is 0.191. The minimum Gasteiger partial charge on any atom is -0.299 e. The molecule has 96 valence electrons. The van der Waals surface area contributed by atoms with E-state index in [1.807, 2.05) is 0 Å². The van der Waals surface area contributed by atoms with E-state index < -0.39 is 0 Å². The zero-order valence-corrected chi connectivity index (χ0v) is 11.8. The summed E-state index contributed by atoms with van der Waals surface area (Å²) in [5.41, 5.74) is 0.488. The normalized spacial score (nSPS) is 20.7. The molecule has 0 atom stereocenters. The van der Waals surface area contributed by atoms with Crippen LogP contribution in [-0.2, 0) is 6.42 Å². The quantitative estimate of drug-likeness (QED) is 0.817. The van der Waals surface area contributed by atoms with Gasteiger partial charge < -0.3 is 0 Å². The van der Waals surface area contributed by atoms with Gasteiger partial charge in [0, 0.05) is 12.5 Å². The number of aryl methyl sites for hydroxylation is 1. The van der Waals surface area contributed by atoms with Crippen LogP contribution < -0.4 is 0 Å². The lowest BCUT2D eigenvalue weighted by Gasteiger charge is -2.35. The van der Waals surface area contributed by atoms with E-state index in [9.17, 15) is 0 Å². The fourth-order valence-electron chi connectivity index (χ4n) is 2.70. The Kier molecular flexibility index (Phi) is 3.76. The molecule has 1 heterocycles. The van der Waals surface area contributed by atoms with Crippen molar-refractivity contribution in [3.63, 3.8) is 0 Å². The van der Waals surface area contributed by atoms with Crippen molar-refractivity contribution in [3.05, 3.63) is 11.1 Å². The lowest BCUT2D eigenvalue weighted by Crippen LogP contribution is -2.24. The van der Waals surface area contributed by atoms with Crippen molar-refractivity contribution in [1.82, 2.24) is 14.8 Å². The summed E-state index contributed by atoms with van der Waals surface area (Å²) < 4.78 is 2.17. The molecule has 0 saturated heterocycles. The van der Waals surface area contributed by atoms with Gasteiger partial charge in [0.05, 0.1) is 0 Å². The van der Waals surface area contributed by atoms with Gasteiger partial charge in [-0.3, -0.25) is 4.57 Å². The molecular formula is C13H22ClN3. The van der Waals surface area contributed by atoms with E-state index in [1.165, 1.54) is 25.7 Å². The van der Waals surface area contributed by atoms with Crippen molar-refractivity contribution in [2.45, 2.75) is 65.3 Å². The molecule has 1 aromatic heterocycles. The average molecular weight is 256 g/mol. The van der Waals surface area contributed by atoms with Crippen LogP contribution in [0.15, 0.2) is 0 Å². The molecule has 1 fully saturated rings. The summed E-state index contributed by atoms with van der Waals surface area (Å²) in [6.07, 6.45) is 6.98. The van der Waals surface area contributed by atoms with E-state index in [-0.39, 0.29) is 0 Å². The highest BCUT2D eigenvalue weighted by molar-refractivity contribution is 6.28. The van der Waals surface area contributed by atoms with Gasteiger partial charge in [0.1, 0.15) is 5.82 Å². The second-order valence-corrected chi connectivity index (χ2v) is 6.24. The van der Waals surface area contributed by atoms with E-state index in [1.54, 1.807) is 0 Å². The molecule has 1 aliphatic rings. The fourth-order valence-corrected chi connectivity index (χ4v) is 2.97. The molecule has 0 spiro atoms. The summed E-state index contributed by atoms with van der Waals surface area (Å²) in [7, 11) is 0. The maximum atomic E-state index is 6.17. The van der Waals surface area contributed by atoms with Crippen LogP contribution >= 0.6 is 11.6 Å². The van der Waals surface area contributed by atoms with Gasteiger partial charge in [-0.1, -0.05) is 20.8 Å². The second-order valence-electron chi connectivity index (χ2n) is 5.90. The van der Waals surface area contributed by atoms with E-state index in [0.29, 0.717) is 16.7 Å². The van der Waals surface area contributed by atoms with Gasteiger partial charge in [0.25, 0.3) is 0 Å². The van der Waals surface area contributed by atoms with Gasteiger partial charge in [-0.2, -0.15) is 0 Å². The topological polar surface area (TPSA) is 30.7 Å². The van der Waals surface area contributed by atoms with Crippen molar-refractivity contribution in [3.8, 4) is 0 Å². The Morgan fingerprint density at radius 3 is 2.53 bits per heavy atom. The van der Waals surface area contributed by atoms with Gasteiger partial charge in [0.2, 0.25) is 5.28 Å². The molecule has 17 heavy (non-hydrogen) atoms. The number of hydrogen-bond acceptors (Lipinski definition) is 2. The number of halogens is 1. The maximum Gasteiger partial charge on any atom is 0.225 e. The van der Waals surface area contributed by atoms with Gasteiger partial charge in [-0.05, 0) is 49.1 Å². The summed E-state index contributed by atoms with van der Waals surface area (Å²) in [4.78, 5) is 0. The Morgan fingerprint density at radius 1 is 1.29 bits per heavy atom. The third-order valence-electron chi connectivity index (χ3n) is 3.87. The zero-order valence-electron chi connectivity index (χ0n) is 11.0. The van der Waals surface area contributed by atoms with Gasteiger partial charge in [-0.15, -0.1) is 10.2 Å². The predicted molar refractivity (Wildman–Crippen MR) is 70.3 cm³/mol. The summed E-state index contributed by atoms with van der Waals surface area (Å²) in [5.74, 6) is 1.06. The Labute approximate surface area is 109 Å². The number of aromatic nitrogens is 3. The first-order chi connectivity index (χ1) is 8.03. The van der Waals surface area contributed by atoms with Crippen molar-refractivity contribution in [2.24, 2.45) is 5.41 Å². The lowest BCUT2D eigenvalue weighted by atomic mass is 9.75. The molecule has 0 unspecified atom stereocenters. The van der Waals surface area contributed by atoms with E-state index >= 15 is 0 Å². The molecule has 0 aliphatic heterocycles. The maximum absolute atomic E-state index is 6.17. The highest BCUT2D eigenvalue weighted by Crippen LogP contribution is 2.41. The van der Waals surface area contributed by atoms with Gasteiger partial charge >= 0.3 is 0 Å². The largest absolute Gasteiger partial charge is 0.299 e. The minimum absolute atomic E-state index is 0.488. The van der Waals surface area contributed by atoms with Gasteiger partial charge in [-0.25, -0.2) is 0 Å². The van der Waals surface area contributed by atoms with Crippen LogP contribution in [-0.4, -0.2) is 14.8 Å². The summed E-state index contributed by atoms with van der Waals surface area (Å²) >= 11 is 6.17. The van der Waals surface area contributed by atoms with E-state index in [2.05, 4.69) is 35.5 Å². The molecule has 0 aromatic carbocycles. The molecule has 3 nitrogen and oxygen atoms in total. The van der Waals surface area contributed by atoms with Crippen LogP contribution in [0.4, 0.5) is 0 Å². The number of hydrogen-bond donors (Lipinski definition) is 0. The zero-order chi connectivity index (χ0) is 12.5. The molecule has 0 radical (unpaired) electrons. The molecule has 1 aliphatic carbocycles. The first-order valence-electron chi connectivity index (χ1n) is 6.63. The third kappa shape index (κ3) is 2.82. The predicted octanol–water partition coefficient (Wildman–Crippen LogP) is 4.03. The first-order valence-corrected chi connectivity index (χ1v) is 7.00. The molecule has 0 amide bonds. The number of nitrogens with zero attached hydrogens (tertiary/aromatic N) is 3. The summed E-state index contributed by atoms with van der Waals surface area (Å²) in [6.45, 7) is 6.87. The molecular weight excluding hydrogens is 234 g/mol. The number of rotatable bonds is 3. The van der Waals surface area contributed by atoms with Crippen LogP contribution in [0.3, 0.4) is 0 Å². The standard InChI is InChI=1S/C13H22ClN3/c1-4-5-11-15-16-12(14)17(11)10-6-8-13(2,3)9-7-10/h10H,4-9H2,1-3H3. The molecule has 2 rings (SSSR count). The molecule has 1 aromatic rings. The molecule has 4 heteroatoms. The third-order valence-corrected chi connectivity index (χ3v) is 4.13. The Morgan fingerprint density at radius 2 is 1.94 bits per heavy atom.